The molecular formula is C15H22N2O3. The third-order valence-electron chi connectivity index (χ3n) is 3.51. The number of benzene rings is 1. The molecule has 20 heavy (non-hydrogen) atoms. The summed E-state index contributed by atoms with van der Waals surface area (Å²) in [4.78, 5) is 23.0. The van der Waals surface area contributed by atoms with Gasteiger partial charge in [0.05, 0.1) is 5.41 Å². The van der Waals surface area contributed by atoms with Gasteiger partial charge in [0.15, 0.2) is 0 Å². The highest BCUT2D eigenvalue weighted by molar-refractivity contribution is 5.85. The van der Waals surface area contributed by atoms with E-state index in [2.05, 4.69) is 12.2 Å². The summed E-state index contributed by atoms with van der Waals surface area (Å²) in [6.07, 6.45) is 0.870. The summed E-state index contributed by atoms with van der Waals surface area (Å²) in [7, 11) is 0. The monoisotopic (exact) mass is 278 g/mol. The molecule has 1 unspecified atom stereocenters. The fraction of sp³-hybridized carbons (Fsp3) is 0.467. The lowest BCUT2D eigenvalue weighted by atomic mass is 9.88. The van der Waals surface area contributed by atoms with Crippen molar-refractivity contribution in [3.8, 4) is 0 Å². The van der Waals surface area contributed by atoms with Crippen LogP contribution in [0.1, 0.15) is 32.8 Å². The van der Waals surface area contributed by atoms with Crippen molar-refractivity contribution in [2.75, 3.05) is 11.9 Å². The van der Waals surface area contributed by atoms with Gasteiger partial charge in [0, 0.05) is 5.69 Å². The minimum absolute atomic E-state index is 0.0300. The second kappa shape index (κ2) is 6.93. The molecular weight excluding hydrogens is 256 g/mol. The molecule has 0 radical (unpaired) electrons. The fourth-order valence-corrected chi connectivity index (χ4v) is 1.55. The molecule has 5 heteroatoms. The highest BCUT2D eigenvalue weighted by Crippen LogP contribution is 2.21. The van der Waals surface area contributed by atoms with E-state index in [4.69, 9.17) is 10.5 Å². The maximum absolute atomic E-state index is 11.7. The molecule has 110 valence electrons. The highest BCUT2D eigenvalue weighted by Gasteiger charge is 2.30. The molecule has 1 rings (SSSR count). The molecule has 0 aromatic heterocycles. The molecule has 1 aromatic carbocycles. The smallest absolute Gasteiger partial charge is 0.411 e. The van der Waals surface area contributed by atoms with Crippen LogP contribution in [0.5, 0.6) is 0 Å². The van der Waals surface area contributed by atoms with Crippen LogP contribution >= 0.6 is 0 Å². The number of hydrogen-bond acceptors (Lipinski definition) is 3. The zero-order chi connectivity index (χ0) is 15.2. The summed E-state index contributed by atoms with van der Waals surface area (Å²) >= 11 is 0. The van der Waals surface area contributed by atoms with Gasteiger partial charge >= 0.3 is 6.09 Å². The molecule has 1 aromatic rings. The van der Waals surface area contributed by atoms with Gasteiger partial charge in [-0.15, -0.1) is 0 Å². The first-order valence-corrected chi connectivity index (χ1v) is 6.74. The van der Waals surface area contributed by atoms with Crippen LogP contribution in [0.25, 0.3) is 0 Å². The third kappa shape index (κ3) is 4.26. The van der Waals surface area contributed by atoms with Gasteiger partial charge in [0.1, 0.15) is 6.61 Å². The van der Waals surface area contributed by atoms with E-state index in [-0.39, 0.29) is 6.61 Å². The molecule has 0 saturated carbocycles. The lowest BCUT2D eigenvalue weighted by Crippen LogP contribution is -2.39. The van der Waals surface area contributed by atoms with E-state index >= 15 is 0 Å². The van der Waals surface area contributed by atoms with Crippen LogP contribution in [-0.4, -0.2) is 18.6 Å². The molecule has 0 fully saturated rings. The van der Waals surface area contributed by atoms with Crippen molar-refractivity contribution in [1.29, 1.82) is 0 Å². The Morgan fingerprint density at radius 2 is 1.85 bits per heavy atom. The molecule has 0 aliphatic carbocycles. The Hall–Kier alpha value is -2.04. The number of carbonyl (C=O) groups is 2. The number of primary amides is 1. The lowest BCUT2D eigenvalue weighted by molar-refractivity contribution is -0.129. The first-order valence-electron chi connectivity index (χ1n) is 6.74. The van der Waals surface area contributed by atoms with Crippen LogP contribution < -0.4 is 11.1 Å². The Morgan fingerprint density at radius 1 is 1.25 bits per heavy atom. The van der Waals surface area contributed by atoms with Crippen molar-refractivity contribution in [1.82, 2.24) is 0 Å². The van der Waals surface area contributed by atoms with Crippen molar-refractivity contribution in [2.24, 2.45) is 11.1 Å². The summed E-state index contributed by atoms with van der Waals surface area (Å²) in [5, 5.41) is 2.62. The molecule has 0 aliphatic heterocycles. The predicted molar refractivity (Wildman–Crippen MR) is 78.4 cm³/mol. The highest BCUT2D eigenvalue weighted by atomic mass is 16.5. The van der Waals surface area contributed by atoms with Gasteiger partial charge in [-0.2, -0.15) is 0 Å². The second-order valence-corrected chi connectivity index (χ2v) is 5.03. The third-order valence-corrected chi connectivity index (χ3v) is 3.51. The van der Waals surface area contributed by atoms with Crippen LogP contribution in [-0.2, 0) is 16.0 Å². The lowest BCUT2D eigenvalue weighted by Gasteiger charge is -2.23. The van der Waals surface area contributed by atoms with Gasteiger partial charge in [0.2, 0.25) is 5.91 Å². The minimum atomic E-state index is -0.830. The number of ether oxygens (including phenoxy) is 1. The van der Waals surface area contributed by atoms with E-state index in [1.54, 1.807) is 6.92 Å². The van der Waals surface area contributed by atoms with Crippen molar-refractivity contribution >= 4 is 17.7 Å². The number of aryl methyl sites for hydroxylation is 1. The number of carbonyl (C=O) groups excluding carboxylic acids is 2. The van der Waals surface area contributed by atoms with E-state index < -0.39 is 17.4 Å². The van der Waals surface area contributed by atoms with Gasteiger partial charge in [-0.05, 0) is 37.5 Å². The molecule has 5 nitrogen and oxygen atoms in total. The van der Waals surface area contributed by atoms with Crippen molar-refractivity contribution in [3.05, 3.63) is 29.8 Å². The fourth-order valence-electron chi connectivity index (χ4n) is 1.55. The Morgan fingerprint density at radius 3 is 2.30 bits per heavy atom. The molecule has 0 heterocycles. The van der Waals surface area contributed by atoms with Crippen molar-refractivity contribution in [3.63, 3.8) is 0 Å². The number of nitrogens with two attached hydrogens (primary N) is 1. The number of anilines is 1. The Balaban J connectivity index is 2.53. The largest absolute Gasteiger partial charge is 0.448 e. The van der Waals surface area contributed by atoms with E-state index in [1.807, 2.05) is 31.2 Å². The van der Waals surface area contributed by atoms with Gasteiger partial charge in [-0.3, -0.25) is 10.1 Å². The molecule has 0 aliphatic rings. The zero-order valence-electron chi connectivity index (χ0n) is 12.2. The summed E-state index contributed by atoms with van der Waals surface area (Å²) in [5.74, 6) is -0.472. The Labute approximate surface area is 119 Å². The normalized spacial score (nSPS) is 13.3. The molecule has 0 bridgehead atoms. The number of nitrogens with one attached hydrogen (secondary N) is 1. The average Bonchev–Trinajstić information content (AvgIpc) is 2.45. The Bertz CT molecular complexity index is 471. The zero-order valence-corrected chi connectivity index (χ0v) is 12.2. The topological polar surface area (TPSA) is 81.4 Å². The molecule has 2 amide bonds. The minimum Gasteiger partial charge on any atom is -0.448 e. The number of hydrogen-bond donors (Lipinski definition) is 2. The molecule has 0 saturated heterocycles. The summed E-state index contributed by atoms with van der Waals surface area (Å²) in [5.41, 5.74) is 6.32. The van der Waals surface area contributed by atoms with Gasteiger partial charge in [0.25, 0.3) is 0 Å². The van der Waals surface area contributed by atoms with Crippen LogP contribution in [0.2, 0.25) is 0 Å². The maximum Gasteiger partial charge on any atom is 0.411 e. The summed E-state index contributed by atoms with van der Waals surface area (Å²) < 4.78 is 5.07. The maximum atomic E-state index is 11.7. The SMILES string of the molecule is CCc1ccc(NC(=O)OCC(C)(CC)C(N)=O)cc1. The van der Waals surface area contributed by atoms with Crippen LogP contribution in [0.15, 0.2) is 24.3 Å². The molecule has 0 spiro atoms. The van der Waals surface area contributed by atoms with Gasteiger partial charge in [-0.1, -0.05) is 26.0 Å². The number of rotatable bonds is 6. The summed E-state index contributed by atoms with van der Waals surface area (Å²) in [6.45, 7) is 5.54. The first-order chi connectivity index (χ1) is 9.41. The molecule has 1 atom stereocenters. The average molecular weight is 278 g/mol. The van der Waals surface area contributed by atoms with E-state index in [0.29, 0.717) is 12.1 Å². The van der Waals surface area contributed by atoms with Crippen molar-refractivity contribution < 1.29 is 14.3 Å². The second-order valence-electron chi connectivity index (χ2n) is 5.03. The van der Waals surface area contributed by atoms with Crippen LogP contribution in [0.3, 0.4) is 0 Å². The van der Waals surface area contributed by atoms with E-state index in [9.17, 15) is 9.59 Å². The van der Waals surface area contributed by atoms with Gasteiger partial charge in [-0.25, -0.2) is 4.79 Å². The van der Waals surface area contributed by atoms with Crippen LogP contribution in [0.4, 0.5) is 10.5 Å². The quantitative estimate of drug-likeness (QED) is 0.839. The first kappa shape index (κ1) is 16.0. The van der Waals surface area contributed by atoms with E-state index in [1.165, 1.54) is 5.56 Å². The van der Waals surface area contributed by atoms with E-state index in [0.717, 1.165) is 6.42 Å². The van der Waals surface area contributed by atoms with Gasteiger partial charge < -0.3 is 10.5 Å². The predicted octanol–water partition coefficient (Wildman–Crippen LogP) is 2.70. The molecule has 3 N–H and O–H groups in total. The summed E-state index contributed by atoms with van der Waals surface area (Å²) in [6, 6.07) is 7.50. The Kier molecular flexibility index (Phi) is 5.55. The van der Waals surface area contributed by atoms with Crippen molar-refractivity contribution in [2.45, 2.75) is 33.6 Å². The van der Waals surface area contributed by atoms with Crippen LogP contribution in [0, 0.1) is 5.41 Å². The number of amides is 2. The standard InChI is InChI=1S/C15H22N2O3/c1-4-11-6-8-12(9-7-11)17-14(19)20-10-15(3,5-2)13(16)18/h6-9H,4-5,10H2,1-3H3,(H2,16,18)(H,17,19).